The Bertz CT molecular complexity index is 238. The SMILES string of the molecule is CCc1cccc(NN)c1SC. The van der Waals surface area contributed by atoms with Crippen LogP contribution in [0.3, 0.4) is 0 Å². The van der Waals surface area contributed by atoms with Crippen LogP contribution in [0.25, 0.3) is 0 Å². The number of aryl methyl sites for hydroxylation is 1. The van der Waals surface area contributed by atoms with Gasteiger partial charge in [-0.15, -0.1) is 11.8 Å². The van der Waals surface area contributed by atoms with Gasteiger partial charge in [0.2, 0.25) is 0 Å². The molecule has 66 valence electrons. The fourth-order valence-electron chi connectivity index (χ4n) is 1.22. The minimum Gasteiger partial charge on any atom is -0.323 e. The molecule has 0 fully saturated rings. The Labute approximate surface area is 77.5 Å². The molecule has 0 radical (unpaired) electrons. The highest BCUT2D eigenvalue weighted by atomic mass is 32.2. The quantitative estimate of drug-likeness (QED) is 0.428. The van der Waals surface area contributed by atoms with E-state index in [2.05, 4.69) is 24.7 Å². The predicted octanol–water partition coefficient (Wildman–Crippen LogP) is 2.26. The van der Waals surface area contributed by atoms with Crippen LogP contribution >= 0.6 is 11.8 Å². The molecule has 0 heterocycles. The lowest BCUT2D eigenvalue weighted by Crippen LogP contribution is -2.08. The van der Waals surface area contributed by atoms with Crippen molar-refractivity contribution in [2.24, 2.45) is 5.84 Å². The minimum absolute atomic E-state index is 1.02. The summed E-state index contributed by atoms with van der Waals surface area (Å²) in [4.78, 5) is 1.25. The number of anilines is 1. The van der Waals surface area contributed by atoms with Crippen molar-refractivity contribution in [1.82, 2.24) is 0 Å². The van der Waals surface area contributed by atoms with E-state index in [0.717, 1.165) is 12.1 Å². The van der Waals surface area contributed by atoms with Gasteiger partial charge in [-0.2, -0.15) is 0 Å². The molecule has 0 amide bonds. The minimum atomic E-state index is 1.02. The van der Waals surface area contributed by atoms with Gasteiger partial charge in [-0.3, -0.25) is 5.84 Å². The Hall–Kier alpha value is -0.670. The monoisotopic (exact) mass is 182 g/mol. The molecule has 0 aliphatic carbocycles. The summed E-state index contributed by atoms with van der Waals surface area (Å²) >= 11 is 1.73. The summed E-state index contributed by atoms with van der Waals surface area (Å²) in [6.07, 6.45) is 3.11. The van der Waals surface area contributed by atoms with Crippen molar-refractivity contribution in [2.75, 3.05) is 11.7 Å². The first-order valence-electron chi connectivity index (χ1n) is 3.96. The number of hydrogen-bond acceptors (Lipinski definition) is 3. The molecule has 0 bridgehead atoms. The molecule has 3 N–H and O–H groups in total. The van der Waals surface area contributed by atoms with Gasteiger partial charge in [-0.1, -0.05) is 19.1 Å². The fraction of sp³-hybridized carbons (Fsp3) is 0.333. The Kier molecular flexibility index (Phi) is 3.44. The Morgan fingerprint density at radius 3 is 2.75 bits per heavy atom. The van der Waals surface area contributed by atoms with Crippen LogP contribution < -0.4 is 11.3 Å². The maximum atomic E-state index is 5.39. The summed E-state index contributed by atoms with van der Waals surface area (Å²) < 4.78 is 0. The number of rotatable bonds is 3. The lowest BCUT2D eigenvalue weighted by molar-refractivity contribution is 1.08. The van der Waals surface area contributed by atoms with E-state index in [1.807, 2.05) is 12.1 Å². The summed E-state index contributed by atoms with van der Waals surface area (Å²) in [5, 5.41) is 0. The van der Waals surface area contributed by atoms with Gasteiger partial charge in [0.25, 0.3) is 0 Å². The second-order valence-corrected chi connectivity index (χ2v) is 3.31. The topological polar surface area (TPSA) is 38.0 Å². The maximum absolute atomic E-state index is 5.39. The van der Waals surface area contributed by atoms with Crippen molar-refractivity contribution < 1.29 is 0 Å². The van der Waals surface area contributed by atoms with Gasteiger partial charge < -0.3 is 5.43 Å². The molecular weight excluding hydrogens is 168 g/mol. The van der Waals surface area contributed by atoms with Gasteiger partial charge >= 0.3 is 0 Å². The highest BCUT2D eigenvalue weighted by Gasteiger charge is 2.03. The molecule has 2 nitrogen and oxygen atoms in total. The number of nitrogen functional groups attached to an aromatic ring is 1. The number of nitrogens with one attached hydrogen (secondary N) is 1. The van der Waals surface area contributed by atoms with Crippen LogP contribution in [0.1, 0.15) is 12.5 Å². The summed E-state index contributed by atoms with van der Waals surface area (Å²) in [7, 11) is 0. The first kappa shape index (κ1) is 9.42. The molecule has 0 aliphatic heterocycles. The van der Waals surface area contributed by atoms with Gasteiger partial charge in [0.05, 0.1) is 5.69 Å². The van der Waals surface area contributed by atoms with Crippen LogP contribution in [0.4, 0.5) is 5.69 Å². The van der Waals surface area contributed by atoms with Crippen LogP contribution in [0.15, 0.2) is 23.1 Å². The maximum Gasteiger partial charge on any atom is 0.0623 e. The van der Waals surface area contributed by atoms with E-state index in [1.165, 1.54) is 10.5 Å². The second-order valence-electron chi connectivity index (χ2n) is 2.50. The number of hydrazine groups is 1. The van der Waals surface area contributed by atoms with Crippen molar-refractivity contribution in [2.45, 2.75) is 18.2 Å². The lowest BCUT2D eigenvalue weighted by atomic mass is 10.1. The molecule has 0 aromatic heterocycles. The summed E-state index contributed by atoms with van der Waals surface area (Å²) in [5.74, 6) is 5.39. The van der Waals surface area contributed by atoms with E-state index >= 15 is 0 Å². The lowest BCUT2D eigenvalue weighted by Gasteiger charge is -2.10. The Balaban J connectivity index is 3.13. The molecule has 0 saturated carbocycles. The van der Waals surface area contributed by atoms with Crippen LogP contribution in [0, 0.1) is 0 Å². The highest BCUT2D eigenvalue weighted by Crippen LogP contribution is 2.28. The molecule has 12 heavy (non-hydrogen) atoms. The van der Waals surface area contributed by atoms with E-state index in [0.29, 0.717) is 0 Å². The van der Waals surface area contributed by atoms with Crippen LogP contribution in [0.5, 0.6) is 0 Å². The molecule has 1 rings (SSSR count). The zero-order valence-corrected chi connectivity index (χ0v) is 8.24. The van der Waals surface area contributed by atoms with Crippen molar-refractivity contribution >= 4 is 17.4 Å². The van der Waals surface area contributed by atoms with Gasteiger partial charge in [0.15, 0.2) is 0 Å². The van der Waals surface area contributed by atoms with Crippen LogP contribution in [0.2, 0.25) is 0 Å². The van der Waals surface area contributed by atoms with Crippen LogP contribution in [-0.2, 0) is 6.42 Å². The Morgan fingerprint density at radius 1 is 1.50 bits per heavy atom. The second kappa shape index (κ2) is 4.38. The molecule has 0 atom stereocenters. The van der Waals surface area contributed by atoms with Gasteiger partial charge in [-0.05, 0) is 24.3 Å². The molecule has 3 heteroatoms. The highest BCUT2D eigenvalue weighted by molar-refractivity contribution is 7.98. The normalized spacial score (nSPS) is 9.92. The molecule has 1 aromatic rings. The standard InChI is InChI=1S/C9H14N2S/c1-3-7-5-4-6-8(11-10)9(7)12-2/h4-6,11H,3,10H2,1-2H3. The summed E-state index contributed by atoms with van der Waals surface area (Å²) in [5.41, 5.74) is 5.06. The van der Waals surface area contributed by atoms with Crippen molar-refractivity contribution in [3.8, 4) is 0 Å². The third-order valence-corrected chi connectivity index (χ3v) is 2.73. The largest absolute Gasteiger partial charge is 0.323 e. The Morgan fingerprint density at radius 2 is 2.25 bits per heavy atom. The zero-order valence-electron chi connectivity index (χ0n) is 7.42. The predicted molar refractivity (Wildman–Crippen MR) is 55.4 cm³/mol. The van der Waals surface area contributed by atoms with Crippen molar-refractivity contribution in [3.63, 3.8) is 0 Å². The summed E-state index contributed by atoms with van der Waals surface area (Å²) in [6.45, 7) is 2.15. The smallest absolute Gasteiger partial charge is 0.0623 e. The molecule has 0 aliphatic rings. The van der Waals surface area contributed by atoms with Crippen molar-refractivity contribution in [3.05, 3.63) is 23.8 Å². The fourth-order valence-corrected chi connectivity index (χ4v) is 2.04. The zero-order chi connectivity index (χ0) is 8.97. The number of hydrogen-bond donors (Lipinski definition) is 2. The molecule has 0 spiro atoms. The van der Waals surface area contributed by atoms with E-state index in [-0.39, 0.29) is 0 Å². The van der Waals surface area contributed by atoms with E-state index in [9.17, 15) is 0 Å². The molecule has 0 unspecified atom stereocenters. The average Bonchev–Trinajstić information content (AvgIpc) is 2.16. The van der Waals surface area contributed by atoms with Gasteiger partial charge in [-0.25, -0.2) is 0 Å². The molecule has 0 saturated heterocycles. The third kappa shape index (κ3) is 1.73. The van der Waals surface area contributed by atoms with E-state index in [1.54, 1.807) is 11.8 Å². The number of benzene rings is 1. The molecular formula is C9H14N2S. The number of nitrogens with two attached hydrogens (primary N) is 1. The first-order valence-corrected chi connectivity index (χ1v) is 5.18. The van der Waals surface area contributed by atoms with E-state index in [4.69, 9.17) is 5.84 Å². The van der Waals surface area contributed by atoms with Gasteiger partial charge in [0.1, 0.15) is 0 Å². The van der Waals surface area contributed by atoms with Crippen molar-refractivity contribution in [1.29, 1.82) is 0 Å². The summed E-state index contributed by atoms with van der Waals surface area (Å²) in [6, 6.07) is 6.14. The van der Waals surface area contributed by atoms with E-state index < -0.39 is 0 Å². The van der Waals surface area contributed by atoms with Crippen LogP contribution in [-0.4, -0.2) is 6.26 Å². The molecule has 1 aromatic carbocycles. The third-order valence-electron chi connectivity index (χ3n) is 1.84. The first-order chi connectivity index (χ1) is 5.83. The van der Waals surface area contributed by atoms with Gasteiger partial charge in [0, 0.05) is 4.90 Å². The average molecular weight is 182 g/mol. The number of thioether (sulfide) groups is 1.